The first-order chi connectivity index (χ1) is 15.4. The Morgan fingerprint density at radius 3 is 2.16 bits per heavy atom. The van der Waals surface area contributed by atoms with Gasteiger partial charge in [-0.15, -0.1) is 0 Å². The van der Waals surface area contributed by atoms with E-state index < -0.39 is 30.1 Å². The number of alkyl carbamates (subject to hydrolysis) is 1. The minimum absolute atomic E-state index is 0.00180. The van der Waals surface area contributed by atoms with Crippen molar-refractivity contribution in [2.75, 3.05) is 6.61 Å². The summed E-state index contributed by atoms with van der Waals surface area (Å²) in [6.07, 6.45) is 1.77. The Labute approximate surface area is 188 Å². The van der Waals surface area contributed by atoms with E-state index in [2.05, 4.69) is 34.9 Å². The van der Waals surface area contributed by atoms with Gasteiger partial charge < -0.3 is 20.5 Å². The number of carbonyl (C=O) groups excluding carboxylic acids is 2. The van der Waals surface area contributed by atoms with Crippen LogP contribution in [0.1, 0.15) is 56.6 Å². The van der Waals surface area contributed by atoms with Crippen molar-refractivity contribution in [2.45, 2.75) is 57.5 Å². The molecule has 1 unspecified atom stereocenters. The van der Waals surface area contributed by atoms with Crippen molar-refractivity contribution < 1.29 is 24.2 Å². The van der Waals surface area contributed by atoms with Crippen molar-refractivity contribution in [2.24, 2.45) is 0 Å². The molecule has 32 heavy (non-hydrogen) atoms. The number of hydrogen-bond acceptors (Lipinski definition) is 4. The number of carboxylic acids is 1. The number of benzene rings is 2. The van der Waals surface area contributed by atoms with Gasteiger partial charge in [0, 0.05) is 18.4 Å². The average molecular weight is 439 g/mol. The first-order valence-electron chi connectivity index (χ1n) is 11.0. The fraction of sp³-hybridized carbons (Fsp3) is 0.400. The van der Waals surface area contributed by atoms with E-state index in [0.717, 1.165) is 35.1 Å². The van der Waals surface area contributed by atoms with Crippen LogP contribution in [-0.2, 0) is 14.3 Å². The molecule has 0 heterocycles. The van der Waals surface area contributed by atoms with Crippen molar-refractivity contribution in [1.82, 2.24) is 10.6 Å². The normalized spacial score (nSPS) is 14.1. The summed E-state index contributed by atoms with van der Waals surface area (Å²) in [6, 6.07) is 14.8. The highest BCUT2D eigenvalue weighted by Crippen LogP contribution is 2.44. The molecule has 2 aromatic carbocycles. The third kappa shape index (κ3) is 5.66. The number of rotatable bonds is 10. The largest absolute Gasteiger partial charge is 0.480 e. The van der Waals surface area contributed by atoms with Gasteiger partial charge >= 0.3 is 12.1 Å². The maximum Gasteiger partial charge on any atom is 0.407 e. The molecule has 0 radical (unpaired) electrons. The average Bonchev–Trinajstić information content (AvgIpc) is 3.09. The molecule has 2 amide bonds. The molecule has 0 aromatic heterocycles. The summed E-state index contributed by atoms with van der Waals surface area (Å²) in [5, 5.41) is 14.2. The second-order valence-corrected chi connectivity index (χ2v) is 8.14. The SMILES string of the molecule is CCCCC(CC(=O)N[C@@H](C)C(=O)O)NC(=O)OCC1c2ccccc2-c2ccccc21. The van der Waals surface area contributed by atoms with Crippen molar-refractivity contribution in [1.29, 1.82) is 0 Å². The van der Waals surface area contributed by atoms with Gasteiger partial charge in [-0.1, -0.05) is 68.3 Å². The van der Waals surface area contributed by atoms with Gasteiger partial charge in [0.05, 0.1) is 0 Å². The molecule has 0 fully saturated rings. The van der Waals surface area contributed by atoms with E-state index in [4.69, 9.17) is 9.84 Å². The number of nitrogens with one attached hydrogen (secondary N) is 2. The van der Waals surface area contributed by atoms with E-state index in [9.17, 15) is 14.4 Å². The van der Waals surface area contributed by atoms with E-state index >= 15 is 0 Å². The van der Waals surface area contributed by atoms with E-state index in [1.807, 2.05) is 31.2 Å². The van der Waals surface area contributed by atoms with E-state index in [0.29, 0.717) is 6.42 Å². The standard InChI is InChI=1S/C25H30N2O5/c1-3-4-9-17(14-23(28)26-16(2)24(29)30)27-25(31)32-15-22-20-12-7-5-10-18(20)19-11-6-8-13-21(19)22/h5-8,10-13,16-17,22H,3-4,9,14-15H2,1-2H3,(H,26,28)(H,27,31)(H,29,30)/t16-,17?/m0/s1. The zero-order valence-electron chi connectivity index (χ0n) is 18.5. The van der Waals surface area contributed by atoms with Gasteiger partial charge in [0.25, 0.3) is 0 Å². The molecule has 7 nitrogen and oxygen atoms in total. The lowest BCUT2D eigenvalue weighted by Crippen LogP contribution is -2.43. The van der Waals surface area contributed by atoms with Gasteiger partial charge in [0.1, 0.15) is 12.6 Å². The third-order valence-electron chi connectivity index (χ3n) is 5.75. The Hall–Kier alpha value is -3.35. The Balaban J connectivity index is 1.60. The maximum atomic E-state index is 12.6. The van der Waals surface area contributed by atoms with Crippen LogP contribution in [0.25, 0.3) is 11.1 Å². The van der Waals surface area contributed by atoms with Crippen LogP contribution in [0, 0.1) is 0 Å². The first-order valence-corrected chi connectivity index (χ1v) is 11.0. The molecule has 3 N–H and O–H groups in total. The molecule has 170 valence electrons. The van der Waals surface area contributed by atoms with Crippen LogP contribution in [-0.4, -0.2) is 41.8 Å². The van der Waals surface area contributed by atoms with Crippen molar-refractivity contribution in [3.8, 4) is 11.1 Å². The smallest absolute Gasteiger partial charge is 0.407 e. The molecule has 7 heteroatoms. The summed E-state index contributed by atoms with van der Waals surface area (Å²) < 4.78 is 5.58. The fourth-order valence-corrected chi connectivity index (χ4v) is 4.07. The molecular weight excluding hydrogens is 408 g/mol. The molecule has 0 saturated carbocycles. The highest BCUT2D eigenvalue weighted by molar-refractivity contribution is 5.84. The fourth-order valence-electron chi connectivity index (χ4n) is 4.07. The Bertz CT molecular complexity index is 929. The number of fused-ring (bicyclic) bond motifs is 3. The summed E-state index contributed by atoms with van der Waals surface area (Å²) in [6.45, 7) is 3.62. The first kappa shape index (κ1) is 23.3. The molecule has 1 aliphatic carbocycles. The monoisotopic (exact) mass is 438 g/mol. The van der Waals surface area contributed by atoms with Crippen LogP contribution in [0.5, 0.6) is 0 Å². The highest BCUT2D eigenvalue weighted by atomic mass is 16.5. The summed E-state index contributed by atoms with van der Waals surface area (Å²) in [5.41, 5.74) is 4.57. The van der Waals surface area contributed by atoms with Gasteiger partial charge in [-0.3, -0.25) is 9.59 Å². The van der Waals surface area contributed by atoms with E-state index in [-0.39, 0.29) is 18.9 Å². The number of amides is 2. The predicted octanol–water partition coefficient (Wildman–Crippen LogP) is 4.06. The van der Waals surface area contributed by atoms with E-state index in [1.165, 1.54) is 6.92 Å². The number of ether oxygens (including phenoxy) is 1. The number of carboxylic acid groups (broad SMARTS) is 1. The number of unbranched alkanes of at least 4 members (excludes halogenated alkanes) is 1. The second-order valence-electron chi connectivity index (χ2n) is 8.14. The number of aliphatic carboxylic acids is 1. The summed E-state index contributed by atoms with van der Waals surface area (Å²) in [7, 11) is 0. The van der Waals surface area contributed by atoms with Gasteiger partial charge in [-0.05, 0) is 35.6 Å². The molecule has 2 aromatic rings. The van der Waals surface area contributed by atoms with Crippen LogP contribution in [0.4, 0.5) is 4.79 Å². The molecule has 0 spiro atoms. The quantitative estimate of drug-likeness (QED) is 0.519. The number of hydrogen-bond donors (Lipinski definition) is 3. The van der Waals surface area contributed by atoms with Crippen LogP contribution >= 0.6 is 0 Å². The molecule has 0 aliphatic heterocycles. The Kier molecular flexibility index (Phi) is 7.87. The van der Waals surface area contributed by atoms with Crippen molar-refractivity contribution in [3.05, 3.63) is 59.7 Å². The summed E-state index contributed by atoms with van der Waals surface area (Å²) in [5.74, 6) is -1.56. The van der Waals surface area contributed by atoms with Gasteiger partial charge in [0.2, 0.25) is 5.91 Å². The molecule has 0 bridgehead atoms. The summed E-state index contributed by atoms with van der Waals surface area (Å²) >= 11 is 0. The van der Waals surface area contributed by atoms with Crippen LogP contribution in [0.3, 0.4) is 0 Å². The molecule has 2 atom stereocenters. The van der Waals surface area contributed by atoms with Crippen molar-refractivity contribution >= 4 is 18.0 Å². The third-order valence-corrected chi connectivity index (χ3v) is 5.75. The zero-order valence-corrected chi connectivity index (χ0v) is 18.5. The van der Waals surface area contributed by atoms with Crippen molar-refractivity contribution in [3.63, 3.8) is 0 Å². The van der Waals surface area contributed by atoms with Gasteiger partial charge in [0.15, 0.2) is 0 Å². The lowest BCUT2D eigenvalue weighted by Gasteiger charge is -2.20. The second kappa shape index (κ2) is 10.8. The van der Waals surface area contributed by atoms with Crippen LogP contribution < -0.4 is 10.6 Å². The topological polar surface area (TPSA) is 105 Å². The van der Waals surface area contributed by atoms with Crippen LogP contribution in [0.15, 0.2) is 48.5 Å². The number of carbonyl (C=O) groups is 3. The summed E-state index contributed by atoms with van der Waals surface area (Å²) in [4.78, 5) is 35.7. The minimum atomic E-state index is -1.10. The van der Waals surface area contributed by atoms with Gasteiger partial charge in [-0.25, -0.2) is 4.79 Å². The van der Waals surface area contributed by atoms with Gasteiger partial charge in [-0.2, -0.15) is 0 Å². The Morgan fingerprint density at radius 2 is 1.59 bits per heavy atom. The predicted molar refractivity (Wildman–Crippen MR) is 121 cm³/mol. The van der Waals surface area contributed by atoms with E-state index in [1.54, 1.807) is 0 Å². The zero-order chi connectivity index (χ0) is 23.1. The van der Waals surface area contributed by atoms with Crippen LogP contribution in [0.2, 0.25) is 0 Å². The minimum Gasteiger partial charge on any atom is -0.480 e. The maximum absolute atomic E-state index is 12.6. The lowest BCUT2D eigenvalue weighted by molar-refractivity contribution is -0.141. The molecule has 3 rings (SSSR count). The molecule has 0 saturated heterocycles. The highest BCUT2D eigenvalue weighted by Gasteiger charge is 2.29. The molecular formula is C25H30N2O5. The lowest BCUT2D eigenvalue weighted by atomic mass is 9.98. The molecule has 1 aliphatic rings. The Morgan fingerprint density at radius 1 is 1.00 bits per heavy atom.